The Hall–Kier alpha value is -1.50. The Labute approximate surface area is 177 Å². The lowest BCUT2D eigenvalue weighted by atomic mass is 10.1. The standard InChI is InChI=1S/C20H22BrClN2O2S/c1-14(20(26)23-2)24(13-15-3-5-16(21)6-4-15)19(25)11-12-27-18-9-7-17(22)8-10-18/h3-10,14H,11-13H2,1-2H3,(H,23,26)/t14-/m1/s1. The summed E-state index contributed by atoms with van der Waals surface area (Å²) in [5, 5.41) is 3.31. The Morgan fingerprint density at radius 2 is 1.78 bits per heavy atom. The molecule has 0 spiro atoms. The van der Waals surface area contributed by atoms with Crippen LogP contribution in [-0.4, -0.2) is 35.6 Å². The van der Waals surface area contributed by atoms with Gasteiger partial charge in [0.05, 0.1) is 0 Å². The van der Waals surface area contributed by atoms with Crippen molar-refractivity contribution in [1.82, 2.24) is 10.2 Å². The number of benzene rings is 2. The molecule has 0 aliphatic carbocycles. The highest BCUT2D eigenvalue weighted by molar-refractivity contribution is 9.10. The molecule has 7 heteroatoms. The molecule has 0 heterocycles. The first-order valence-electron chi connectivity index (χ1n) is 8.54. The van der Waals surface area contributed by atoms with Crippen molar-refractivity contribution in [3.63, 3.8) is 0 Å². The Kier molecular flexibility index (Phi) is 8.67. The van der Waals surface area contributed by atoms with Gasteiger partial charge in [-0.3, -0.25) is 9.59 Å². The number of thioether (sulfide) groups is 1. The van der Waals surface area contributed by atoms with Gasteiger partial charge in [0.15, 0.2) is 0 Å². The lowest BCUT2D eigenvalue weighted by molar-refractivity contribution is -0.140. The van der Waals surface area contributed by atoms with E-state index < -0.39 is 6.04 Å². The Morgan fingerprint density at radius 3 is 2.37 bits per heavy atom. The van der Waals surface area contributed by atoms with Gasteiger partial charge in [-0.2, -0.15) is 0 Å². The zero-order chi connectivity index (χ0) is 19.8. The van der Waals surface area contributed by atoms with E-state index in [-0.39, 0.29) is 11.8 Å². The van der Waals surface area contributed by atoms with Crippen LogP contribution in [0.15, 0.2) is 57.9 Å². The summed E-state index contributed by atoms with van der Waals surface area (Å²) in [6.07, 6.45) is 0.352. The molecule has 0 aromatic heterocycles. The molecule has 0 radical (unpaired) electrons. The van der Waals surface area contributed by atoms with Crippen LogP contribution in [0.3, 0.4) is 0 Å². The van der Waals surface area contributed by atoms with E-state index in [1.54, 1.807) is 30.6 Å². The van der Waals surface area contributed by atoms with Crippen LogP contribution in [0.2, 0.25) is 5.02 Å². The maximum atomic E-state index is 12.8. The van der Waals surface area contributed by atoms with Crippen LogP contribution < -0.4 is 5.32 Å². The summed E-state index contributed by atoms with van der Waals surface area (Å²) >= 11 is 10.9. The molecule has 0 aliphatic rings. The summed E-state index contributed by atoms with van der Waals surface area (Å²) in [5.41, 5.74) is 0.979. The van der Waals surface area contributed by atoms with E-state index in [1.807, 2.05) is 48.5 Å². The van der Waals surface area contributed by atoms with Gasteiger partial charge in [-0.15, -0.1) is 11.8 Å². The third-order valence-electron chi connectivity index (χ3n) is 4.08. The van der Waals surface area contributed by atoms with Crippen molar-refractivity contribution in [3.8, 4) is 0 Å². The lowest BCUT2D eigenvalue weighted by Gasteiger charge is -2.28. The minimum atomic E-state index is -0.535. The molecule has 2 aromatic rings. The second-order valence-electron chi connectivity index (χ2n) is 5.99. The van der Waals surface area contributed by atoms with Crippen LogP contribution in [0.1, 0.15) is 18.9 Å². The van der Waals surface area contributed by atoms with Crippen molar-refractivity contribution in [2.45, 2.75) is 30.8 Å². The molecule has 0 saturated carbocycles. The zero-order valence-electron chi connectivity index (χ0n) is 15.2. The summed E-state index contributed by atoms with van der Waals surface area (Å²) in [7, 11) is 1.58. The van der Waals surface area contributed by atoms with Gasteiger partial charge in [-0.05, 0) is 48.9 Å². The highest BCUT2D eigenvalue weighted by Crippen LogP contribution is 2.22. The van der Waals surface area contributed by atoms with Gasteiger partial charge in [0.25, 0.3) is 0 Å². The van der Waals surface area contributed by atoms with E-state index >= 15 is 0 Å². The van der Waals surface area contributed by atoms with Gasteiger partial charge in [-0.25, -0.2) is 0 Å². The minimum absolute atomic E-state index is 0.0458. The third-order valence-corrected chi connectivity index (χ3v) is 5.87. The highest BCUT2D eigenvalue weighted by Gasteiger charge is 2.25. The highest BCUT2D eigenvalue weighted by atomic mass is 79.9. The van der Waals surface area contributed by atoms with E-state index in [2.05, 4.69) is 21.2 Å². The number of nitrogens with one attached hydrogen (secondary N) is 1. The molecule has 144 valence electrons. The molecular formula is C20H22BrClN2O2S. The van der Waals surface area contributed by atoms with E-state index in [0.29, 0.717) is 23.7 Å². The van der Waals surface area contributed by atoms with Crippen molar-refractivity contribution in [2.75, 3.05) is 12.8 Å². The molecule has 2 aromatic carbocycles. The molecule has 27 heavy (non-hydrogen) atoms. The first-order chi connectivity index (χ1) is 12.9. The number of rotatable bonds is 8. The fourth-order valence-corrected chi connectivity index (χ4v) is 3.74. The van der Waals surface area contributed by atoms with Crippen LogP contribution in [0, 0.1) is 0 Å². The second-order valence-corrected chi connectivity index (χ2v) is 8.51. The Morgan fingerprint density at radius 1 is 1.15 bits per heavy atom. The second kappa shape index (κ2) is 10.7. The van der Waals surface area contributed by atoms with Crippen molar-refractivity contribution in [1.29, 1.82) is 0 Å². The number of hydrogen-bond acceptors (Lipinski definition) is 3. The number of hydrogen-bond donors (Lipinski definition) is 1. The number of carbonyl (C=O) groups is 2. The number of likely N-dealkylation sites (N-methyl/N-ethyl adjacent to an activating group) is 1. The number of nitrogens with zero attached hydrogens (tertiary/aromatic N) is 1. The minimum Gasteiger partial charge on any atom is -0.357 e. The summed E-state index contributed by atoms with van der Waals surface area (Å²) in [6, 6.07) is 14.8. The van der Waals surface area contributed by atoms with Gasteiger partial charge in [0.2, 0.25) is 11.8 Å². The molecular weight excluding hydrogens is 448 g/mol. The third kappa shape index (κ3) is 6.87. The fraction of sp³-hybridized carbons (Fsp3) is 0.300. The quantitative estimate of drug-likeness (QED) is 0.568. The van der Waals surface area contributed by atoms with Crippen LogP contribution >= 0.6 is 39.3 Å². The molecule has 2 rings (SSSR count). The van der Waals surface area contributed by atoms with Crippen molar-refractivity contribution in [3.05, 3.63) is 63.6 Å². The van der Waals surface area contributed by atoms with Gasteiger partial charge in [0, 0.05) is 40.2 Å². The van der Waals surface area contributed by atoms with Gasteiger partial charge in [-0.1, -0.05) is 39.7 Å². The number of carbonyl (C=O) groups excluding carboxylic acids is 2. The lowest BCUT2D eigenvalue weighted by Crippen LogP contribution is -2.46. The first kappa shape index (κ1) is 21.8. The predicted molar refractivity (Wildman–Crippen MR) is 115 cm³/mol. The maximum Gasteiger partial charge on any atom is 0.242 e. The summed E-state index contributed by atoms with van der Waals surface area (Å²) in [4.78, 5) is 27.6. The molecule has 4 nitrogen and oxygen atoms in total. The Bertz CT molecular complexity index is 769. The molecule has 1 N–H and O–H groups in total. The fourth-order valence-electron chi connectivity index (χ4n) is 2.51. The van der Waals surface area contributed by atoms with Crippen LogP contribution in [0.5, 0.6) is 0 Å². The molecule has 0 unspecified atom stereocenters. The molecule has 0 aliphatic heterocycles. The summed E-state index contributed by atoms with van der Waals surface area (Å²) in [6.45, 7) is 2.15. The molecule has 2 amide bonds. The van der Waals surface area contributed by atoms with Crippen molar-refractivity contribution >= 4 is 51.1 Å². The van der Waals surface area contributed by atoms with Crippen molar-refractivity contribution in [2.24, 2.45) is 0 Å². The van der Waals surface area contributed by atoms with E-state index in [4.69, 9.17) is 11.6 Å². The van der Waals surface area contributed by atoms with Crippen LogP contribution in [0.4, 0.5) is 0 Å². The predicted octanol–water partition coefficient (Wildman–Crippen LogP) is 4.75. The monoisotopic (exact) mass is 468 g/mol. The molecule has 0 bridgehead atoms. The molecule has 0 fully saturated rings. The Balaban J connectivity index is 2.02. The van der Waals surface area contributed by atoms with E-state index in [9.17, 15) is 9.59 Å². The summed E-state index contributed by atoms with van der Waals surface area (Å²) < 4.78 is 0.975. The van der Waals surface area contributed by atoms with Crippen LogP contribution in [-0.2, 0) is 16.1 Å². The van der Waals surface area contributed by atoms with Gasteiger partial charge < -0.3 is 10.2 Å². The zero-order valence-corrected chi connectivity index (χ0v) is 18.4. The number of halogens is 2. The first-order valence-corrected chi connectivity index (χ1v) is 10.7. The van der Waals surface area contributed by atoms with Crippen molar-refractivity contribution < 1.29 is 9.59 Å². The average Bonchev–Trinajstić information content (AvgIpc) is 2.67. The topological polar surface area (TPSA) is 49.4 Å². The van der Waals surface area contributed by atoms with Crippen LogP contribution in [0.25, 0.3) is 0 Å². The average molecular weight is 470 g/mol. The normalized spacial score (nSPS) is 11.7. The molecule has 0 saturated heterocycles. The SMILES string of the molecule is CNC(=O)[C@@H](C)N(Cc1ccc(Br)cc1)C(=O)CCSc1ccc(Cl)cc1. The van der Waals surface area contributed by atoms with E-state index in [1.165, 1.54) is 0 Å². The summed E-state index contributed by atoms with van der Waals surface area (Å²) in [5.74, 6) is 0.416. The number of amides is 2. The van der Waals surface area contributed by atoms with Gasteiger partial charge >= 0.3 is 0 Å². The largest absolute Gasteiger partial charge is 0.357 e. The van der Waals surface area contributed by atoms with Gasteiger partial charge in [0.1, 0.15) is 6.04 Å². The maximum absolute atomic E-state index is 12.8. The smallest absolute Gasteiger partial charge is 0.242 e. The molecule has 1 atom stereocenters. The van der Waals surface area contributed by atoms with E-state index in [0.717, 1.165) is 14.9 Å².